The summed E-state index contributed by atoms with van der Waals surface area (Å²) in [7, 11) is -1.51. The van der Waals surface area contributed by atoms with Crippen LogP contribution in [0.15, 0.2) is 41.4 Å². The van der Waals surface area contributed by atoms with Crippen LogP contribution in [0.2, 0.25) is 0 Å². The molecule has 1 amide bonds. The number of aryl methyl sites for hydroxylation is 1. The van der Waals surface area contributed by atoms with E-state index in [0.29, 0.717) is 22.3 Å². The lowest BCUT2D eigenvalue weighted by atomic mass is 10.1. The second kappa shape index (κ2) is 6.53. The van der Waals surface area contributed by atoms with Gasteiger partial charge in [0.2, 0.25) is 0 Å². The van der Waals surface area contributed by atoms with E-state index in [0.717, 1.165) is 11.8 Å². The van der Waals surface area contributed by atoms with Crippen molar-refractivity contribution in [2.24, 2.45) is 7.05 Å². The molecule has 0 fully saturated rings. The van der Waals surface area contributed by atoms with Crippen LogP contribution in [0.3, 0.4) is 0 Å². The van der Waals surface area contributed by atoms with Gasteiger partial charge in [0.15, 0.2) is 15.5 Å². The maximum atomic E-state index is 12.6. The van der Waals surface area contributed by atoms with E-state index in [-0.39, 0.29) is 16.8 Å². The summed E-state index contributed by atoms with van der Waals surface area (Å²) in [4.78, 5) is 17.4. The Kier molecular flexibility index (Phi) is 4.53. The molecule has 0 radical (unpaired) electrons. The fourth-order valence-electron chi connectivity index (χ4n) is 2.66. The van der Waals surface area contributed by atoms with Crippen LogP contribution < -0.4 is 5.32 Å². The number of hydrogen-bond acceptors (Lipinski definition) is 5. The highest BCUT2D eigenvalue weighted by atomic mass is 32.2. The van der Waals surface area contributed by atoms with Gasteiger partial charge in [-0.05, 0) is 32.0 Å². The number of carbonyl (C=O) groups excluding carboxylic acids is 1. The van der Waals surface area contributed by atoms with E-state index in [1.165, 1.54) is 12.1 Å². The van der Waals surface area contributed by atoms with Gasteiger partial charge in [0.1, 0.15) is 0 Å². The van der Waals surface area contributed by atoms with Crippen molar-refractivity contribution < 1.29 is 13.2 Å². The number of rotatable bonds is 4. The molecule has 26 heavy (non-hydrogen) atoms. The van der Waals surface area contributed by atoms with Gasteiger partial charge in [0.25, 0.3) is 5.91 Å². The summed E-state index contributed by atoms with van der Waals surface area (Å²) in [6.45, 7) is 3.79. The topological polar surface area (TPSA) is 93.9 Å². The number of aromatic nitrogens is 3. The van der Waals surface area contributed by atoms with E-state index in [1.54, 1.807) is 36.1 Å². The van der Waals surface area contributed by atoms with Gasteiger partial charge in [-0.15, -0.1) is 0 Å². The van der Waals surface area contributed by atoms with Crippen LogP contribution in [0.1, 0.15) is 24.2 Å². The zero-order valence-electron chi connectivity index (χ0n) is 15.0. The number of sulfone groups is 1. The van der Waals surface area contributed by atoms with E-state index in [4.69, 9.17) is 0 Å². The van der Waals surface area contributed by atoms with Crippen LogP contribution >= 0.6 is 0 Å². The lowest BCUT2D eigenvalue weighted by Gasteiger charge is -2.11. The van der Waals surface area contributed by atoms with Gasteiger partial charge in [-0.1, -0.05) is 12.1 Å². The van der Waals surface area contributed by atoms with Crippen LogP contribution in [-0.4, -0.2) is 41.4 Å². The highest BCUT2D eigenvalue weighted by Crippen LogP contribution is 2.25. The molecule has 2 heterocycles. The first kappa shape index (κ1) is 18.1. The van der Waals surface area contributed by atoms with Gasteiger partial charge in [-0.3, -0.25) is 9.48 Å². The molecule has 3 aromatic rings. The first-order valence-electron chi connectivity index (χ1n) is 8.11. The molecule has 0 bridgehead atoms. The average molecular weight is 372 g/mol. The third-order valence-electron chi connectivity index (χ3n) is 3.95. The van der Waals surface area contributed by atoms with Gasteiger partial charge >= 0.3 is 0 Å². The molecular formula is C18H20N4O3S. The van der Waals surface area contributed by atoms with Gasteiger partial charge in [0.05, 0.1) is 27.7 Å². The Hall–Kier alpha value is -2.74. The van der Waals surface area contributed by atoms with Crippen molar-refractivity contribution in [1.82, 2.24) is 20.1 Å². The molecule has 1 N–H and O–H groups in total. The third kappa shape index (κ3) is 3.45. The van der Waals surface area contributed by atoms with Crippen LogP contribution in [-0.2, 0) is 16.9 Å². The Morgan fingerprint density at radius 1 is 1.19 bits per heavy atom. The molecule has 2 aromatic heterocycles. The summed E-state index contributed by atoms with van der Waals surface area (Å²) < 4.78 is 24.9. The Morgan fingerprint density at radius 2 is 1.85 bits per heavy atom. The molecule has 0 spiro atoms. The standard InChI is InChI=1S/C18H20N4O3S/c1-11(2)20-18(23)14-9-16(21-17-15(14)10-19-22(17)3)12-5-7-13(8-6-12)26(4,24)25/h5-11H,1-4H3,(H,20,23). The van der Waals surface area contributed by atoms with E-state index in [9.17, 15) is 13.2 Å². The fraction of sp³-hybridized carbons (Fsp3) is 0.278. The maximum absolute atomic E-state index is 12.6. The SMILES string of the molecule is CC(C)NC(=O)c1cc(-c2ccc(S(C)(=O)=O)cc2)nc2c1cnn2C. The number of pyridine rings is 1. The Morgan fingerprint density at radius 3 is 2.42 bits per heavy atom. The van der Waals surface area contributed by atoms with Gasteiger partial charge in [0, 0.05) is 24.9 Å². The lowest BCUT2D eigenvalue weighted by molar-refractivity contribution is 0.0944. The predicted octanol–water partition coefficient (Wildman–Crippen LogP) is 2.18. The third-order valence-corrected chi connectivity index (χ3v) is 5.08. The first-order chi connectivity index (χ1) is 12.2. The number of nitrogens with zero attached hydrogens (tertiary/aromatic N) is 3. The highest BCUT2D eigenvalue weighted by molar-refractivity contribution is 7.90. The Balaban J connectivity index is 2.14. The maximum Gasteiger partial charge on any atom is 0.252 e. The van der Waals surface area contributed by atoms with Crippen molar-refractivity contribution in [3.05, 3.63) is 42.1 Å². The summed E-state index contributed by atoms with van der Waals surface area (Å²) in [6.07, 6.45) is 2.78. The largest absolute Gasteiger partial charge is 0.350 e. The second-order valence-electron chi connectivity index (χ2n) is 6.49. The molecular weight excluding hydrogens is 352 g/mol. The normalized spacial score (nSPS) is 11.9. The monoisotopic (exact) mass is 372 g/mol. The van der Waals surface area contributed by atoms with Crippen LogP contribution in [0.25, 0.3) is 22.3 Å². The molecule has 136 valence electrons. The minimum Gasteiger partial charge on any atom is -0.350 e. The first-order valence-corrected chi connectivity index (χ1v) is 10.00. The van der Waals surface area contributed by atoms with Crippen molar-refractivity contribution in [3.8, 4) is 11.3 Å². The average Bonchev–Trinajstić information content (AvgIpc) is 2.94. The van der Waals surface area contributed by atoms with E-state index >= 15 is 0 Å². The van der Waals surface area contributed by atoms with Crippen LogP contribution in [0.4, 0.5) is 0 Å². The quantitative estimate of drug-likeness (QED) is 0.757. The van der Waals surface area contributed by atoms with E-state index < -0.39 is 9.84 Å². The minimum absolute atomic E-state index is 0.000110. The molecule has 0 unspecified atom stereocenters. The number of hydrogen-bond donors (Lipinski definition) is 1. The predicted molar refractivity (Wildman–Crippen MR) is 99.7 cm³/mol. The highest BCUT2D eigenvalue weighted by Gasteiger charge is 2.17. The van der Waals surface area contributed by atoms with Crippen molar-refractivity contribution in [2.45, 2.75) is 24.8 Å². The number of amides is 1. The molecule has 1 aromatic carbocycles. The molecule has 0 aliphatic carbocycles. The summed E-state index contributed by atoms with van der Waals surface area (Å²) in [6, 6.07) is 8.15. The van der Waals surface area contributed by atoms with Gasteiger partial charge in [-0.2, -0.15) is 5.10 Å². The van der Waals surface area contributed by atoms with Crippen molar-refractivity contribution >= 4 is 26.8 Å². The van der Waals surface area contributed by atoms with Crippen LogP contribution in [0.5, 0.6) is 0 Å². The molecule has 0 saturated heterocycles. The van der Waals surface area contributed by atoms with Gasteiger partial charge < -0.3 is 5.32 Å². The van der Waals surface area contributed by atoms with E-state index in [2.05, 4.69) is 15.4 Å². The summed E-state index contributed by atoms with van der Waals surface area (Å²) in [5.41, 5.74) is 2.37. The van der Waals surface area contributed by atoms with Crippen molar-refractivity contribution in [1.29, 1.82) is 0 Å². The lowest BCUT2D eigenvalue weighted by Crippen LogP contribution is -2.30. The van der Waals surface area contributed by atoms with Crippen LogP contribution in [0, 0.1) is 0 Å². The summed E-state index contributed by atoms with van der Waals surface area (Å²) >= 11 is 0. The zero-order valence-corrected chi connectivity index (χ0v) is 15.8. The van der Waals surface area contributed by atoms with Crippen molar-refractivity contribution in [2.75, 3.05) is 6.26 Å². The van der Waals surface area contributed by atoms with Gasteiger partial charge in [-0.25, -0.2) is 13.4 Å². The summed E-state index contributed by atoms with van der Waals surface area (Å²) in [5.74, 6) is -0.200. The summed E-state index contributed by atoms with van der Waals surface area (Å²) in [5, 5.41) is 7.75. The number of benzene rings is 1. The molecule has 0 aliphatic rings. The Labute approximate surface area is 152 Å². The molecule has 0 saturated carbocycles. The zero-order chi connectivity index (χ0) is 19.1. The molecule has 7 nitrogen and oxygen atoms in total. The molecule has 3 rings (SSSR count). The fourth-order valence-corrected chi connectivity index (χ4v) is 3.29. The van der Waals surface area contributed by atoms with Crippen molar-refractivity contribution in [3.63, 3.8) is 0 Å². The Bertz CT molecular complexity index is 1080. The smallest absolute Gasteiger partial charge is 0.252 e. The second-order valence-corrected chi connectivity index (χ2v) is 8.50. The molecule has 0 aliphatic heterocycles. The number of carbonyl (C=O) groups is 1. The van der Waals surface area contributed by atoms with E-state index in [1.807, 2.05) is 13.8 Å². The molecule has 0 atom stereocenters. The molecule has 8 heteroatoms. The minimum atomic E-state index is -3.27. The number of nitrogens with one attached hydrogen (secondary N) is 1. The number of fused-ring (bicyclic) bond motifs is 1.